The number of hydrogen-bond acceptors (Lipinski definition) is 4. The Kier molecular flexibility index (Phi) is 4.34. The normalized spacial score (nSPS) is 22.7. The third-order valence-corrected chi connectivity index (χ3v) is 2.50. The van der Waals surface area contributed by atoms with Gasteiger partial charge in [-0.3, -0.25) is 0 Å². The number of fused-ring (bicyclic) bond motifs is 1. The number of rotatable bonds is 1. The Hall–Kier alpha value is 0.0864. The van der Waals surface area contributed by atoms with Crippen molar-refractivity contribution < 1.29 is 66.0 Å². The van der Waals surface area contributed by atoms with Crippen molar-refractivity contribution in [3.05, 3.63) is 35.4 Å². The molecule has 1 unspecified atom stereocenters. The van der Waals surface area contributed by atoms with E-state index in [4.69, 9.17) is 5.73 Å². The van der Waals surface area contributed by atoms with Crippen molar-refractivity contribution in [2.45, 2.75) is 18.6 Å². The molecule has 5 heteroatoms. The summed E-state index contributed by atoms with van der Waals surface area (Å²) < 4.78 is 4.61. The van der Waals surface area contributed by atoms with Crippen molar-refractivity contribution in [3.8, 4) is 0 Å². The number of ether oxygens (including phenoxy) is 1. The number of hydrogen-bond donors (Lipinski definition) is 1. The zero-order valence-corrected chi connectivity index (χ0v) is 11.6. The van der Waals surface area contributed by atoms with Gasteiger partial charge in [-0.05, 0) is 24.0 Å². The van der Waals surface area contributed by atoms with Crippen molar-refractivity contribution >= 4 is 6.16 Å². The van der Waals surface area contributed by atoms with Crippen molar-refractivity contribution in [3.63, 3.8) is 0 Å². The molecule has 1 aromatic rings. The summed E-state index contributed by atoms with van der Waals surface area (Å²) in [6, 6.07) is 7.40. The smallest absolute Gasteiger partial charge is 0.525 e. The molecular weight excluding hydrogens is 221 g/mol. The monoisotopic (exact) mass is 231 g/mol. The fraction of sp³-hybridized carbons (Fsp3) is 0.300. The molecule has 0 amide bonds. The molecule has 0 saturated carbocycles. The maximum Gasteiger partial charge on any atom is 1.00 e. The molecule has 1 atom stereocenters. The molecule has 2 N–H and O–H groups in total. The average Bonchev–Trinajstić information content (AvgIpc) is 2.44. The second-order valence-corrected chi connectivity index (χ2v) is 3.40. The van der Waals surface area contributed by atoms with Gasteiger partial charge >= 0.3 is 51.4 Å². The van der Waals surface area contributed by atoms with Crippen LogP contribution in [0.25, 0.3) is 0 Å². The molecule has 1 aromatic carbocycles. The summed E-state index contributed by atoms with van der Waals surface area (Å²) in [7, 11) is 0. The third-order valence-electron chi connectivity index (χ3n) is 2.50. The molecule has 0 aliphatic heterocycles. The largest absolute Gasteiger partial charge is 1.00 e. The van der Waals surface area contributed by atoms with Crippen LogP contribution in [-0.4, -0.2) is 6.16 Å². The Bertz CT molecular complexity index is 383. The van der Waals surface area contributed by atoms with Crippen LogP contribution in [0.5, 0.6) is 0 Å². The summed E-state index contributed by atoms with van der Waals surface area (Å²) >= 11 is 0. The zero-order valence-electron chi connectivity index (χ0n) is 8.53. The van der Waals surface area contributed by atoms with Gasteiger partial charge in [-0.25, -0.2) is 0 Å². The minimum absolute atomic E-state index is 0. The Morgan fingerprint density at radius 1 is 1.47 bits per heavy atom. The van der Waals surface area contributed by atoms with E-state index in [-0.39, 0.29) is 51.4 Å². The Labute approximate surface area is 130 Å². The summed E-state index contributed by atoms with van der Waals surface area (Å²) in [5.41, 5.74) is 6.39. The first-order valence-electron chi connectivity index (χ1n) is 4.39. The van der Waals surface area contributed by atoms with E-state index >= 15 is 0 Å². The third kappa shape index (κ3) is 2.61. The maximum absolute atomic E-state index is 10.4. The van der Waals surface area contributed by atoms with Gasteiger partial charge < -0.3 is 20.4 Å². The van der Waals surface area contributed by atoms with Crippen molar-refractivity contribution in [1.29, 1.82) is 0 Å². The molecule has 0 spiro atoms. The fourth-order valence-electron chi connectivity index (χ4n) is 1.86. The molecule has 15 heavy (non-hydrogen) atoms. The first kappa shape index (κ1) is 13.2. The molecule has 0 heterocycles. The van der Waals surface area contributed by atoms with Crippen molar-refractivity contribution in [1.82, 2.24) is 0 Å². The van der Waals surface area contributed by atoms with Gasteiger partial charge in [0.1, 0.15) is 5.72 Å². The maximum atomic E-state index is 10.4. The Morgan fingerprint density at radius 2 is 2.13 bits per heavy atom. The number of carbonyl (C=O) groups excluding carboxylic acids is 1. The van der Waals surface area contributed by atoms with E-state index < -0.39 is 11.9 Å². The Balaban J connectivity index is 0.00000112. The molecule has 1 aliphatic rings. The van der Waals surface area contributed by atoms with E-state index in [0.29, 0.717) is 6.42 Å². The van der Waals surface area contributed by atoms with E-state index in [1.54, 1.807) is 6.07 Å². The molecule has 74 valence electrons. The topological polar surface area (TPSA) is 75.4 Å². The molecule has 1 aliphatic carbocycles. The average molecular weight is 231 g/mol. The van der Waals surface area contributed by atoms with E-state index in [0.717, 1.165) is 17.5 Å². The zero-order chi connectivity index (χ0) is 10.2. The number of carboxylic acid groups (broad SMARTS) is 1. The van der Waals surface area contributed by atoms with E-state index in [1.165, 1.54) is 0 Å². The van der Waals surface area contributed by atoms with Gasteiger partial charge in [0.15, 0.2) is 0 Å². The molecule has 0 fully saturated rings. The van der Waals surface area contributed by atoms with Crippen LogP contribution < -0.4 is 62.2 Å². The second-order valence-electron chi connectivity index (χ2n) is 3.40. The van der Waals surface area contributed by atoms with Crippen molar-refractivity contribution in [2.24, 2.45) is 5.73 Å². The minimum atomic E-state index is -1.58. The van der Waals surface area contributed by atoms with Gasteiger partial charge in [-0.1, -0.05) is 24.3 Å². The standard InChI is InChI=1S/C10H11NO3.K/c11-10(14-9(12)13)6-5-7-3-1-2-4-8(7)10;/h1-4H,5-6,11H2,(H,12,13);/q;+1/p-1. The first-order valence-corrected chi connectivity index (χ1v) is 4.39. The van der Waals surface area contributed by atoms with E-state index in [9.17, 15) is 9.90 Å². The molecule has 2 rings (SSSR count). The van der Waals surface area contributed by atoms with Crippen LogP contribution in [0.15, 0.2) is 24.3 Å². The van der Waals surface area contributed by atoms with Gasteiger partial charge in [0.05, 0.1) is 0 Å². The van der Waals surface area contributed by atoms with Crippen LogP contribution >= 0.6 is 0 Å². The minimum Gasteiger partial charge on any atom is -0.525 e. The number of benzene rings is 1. The number of nitrogens with two attached hydrogens (primary N) is 1. The molecule has 0 bridgehead atoms. The summed E-state index contributed by atoms with van der Waals surface area (Å²) in [6.07, 6.45) is -0.371. The molecule has 0 aromatic heterocycles. The summed E-state index contributed by atoms with van der Waals surface area (Å²) in [5.74, 6) is 0. The SMILES string of the molecule is NC1(OC(=O)[O-])CCc2ccccc21.[K+]. The predicted molar refractivity (Wildman–Crippen MR) is 47.1 cm³/mol. The van der Waals surface area contributed by atoms with Gasteiger partial charge in [0.2, 0.25) is 0 Å². The summed E-state index contributed by atoms with van der Waals surface area (Å²) in [6.45, 7) is 0. The van der Waals surface area contributed by atoms with E-state index in [2.05, 4.69) is 4.74 Å². The van der Waals surface area contributed by atoms with Crippen molar-refractivity contribution in [2.75, 3.05) is 0 Å². The van der Waals surface area contributed by atoms with Crippen LogP contribution in [0.4, 0.5) is 4.79 Å². The second kappa shape index (κ2) is 4.95. The van der Waals surface area contributed by atoms with Gasteiger partial charge in [0, 0.05) is 0 Å². The molecule has 0 saturated heterocycles. The van der Waals surface area contributed by atoms with Crippen LogP contribution in [0, 0.1) is 0 Å². The summed E-state index contributed by atoms with van der Waals surface area (Å²) in [5, 5.41) is 10.4. The van der Waals surface area contributed by atoms with E-state index in [1.807, 2.05) is 18.2 Å². The van der Waals surface area contributed by atoms with Gasteiger partial charge in [0.25, 0.3) is 6.16 Å². The number of carbonyl (C=O) groups is 1. The van der Waals surface area contributed by atoms with Gasteiger partial charge in [-0.15, -0.1) is 0 Å². The fourth-order valence-corrected chi connectivity index (χ4v) is 1.86. The first-order chi connectivity index (χ1) is 6.62. The Morgan fingerprint density at radius 3 is 2.80 bits per heavy atom. The molecule has 0 radical (unpaired) electrons. The molecule has 4 nitrogen and oxygen atoms in total. The van der Waals surface area contributed by atoms with Crippen LogP contribution in [0.2, 0.25) is 0 Å². The van der Waals surface area contributed by atoms with Gasteiger partial charge in [-0.2, -0.15) is 0 Å². The summed E-state index contributed by atoms with van der Waals surface area (Å²) in [4.78, 5) is 10.4. The van der Waals surface area contributed by atoms with Crippen LogP contribution in [0.1, 0.15) is 17.5 Å². The van der Waals surface area contributed by atoms with Crippen LogP contribution in [-0.2, 0) is 16.9 Å². The quantitative estimate of drug-likeness (QED) is 0.320. The predicted octanol–water partition coefficient (Wildman–Crippen LogP) is -2.89. The molecular formula is C10H10KNO3. The van der Waals surface area contributed by atoms with Crippen LogP contribution in [0.3, 0.4) is 0 Å². The number of aryl methyl sites for hydroxylation is 1.